The van der Waals surface area contributed by atoms with Crippen LogP contribution in [0.1, 0.15) is 5.82 Å². The quantitative estimate of drug-likeness (QED) is 0.851. The molecule has 0 amide bonds. The van der Waals surface area contributed by atoms with Crippen LogP contribution in [0.4, 0.5) is 5.69 Å². The van der Waals surface area contributed by atoms with Crippen LogP contribution in [-0.2, 0) is 23.1 Å². The smallest absolute Gasteiger partial charge is 0.247 e. The third-order valence-electron chi connectivity index (χ3n) is 3.28. The Balaban J connectivity index is 1.97. The average molecular weight is 294 g/mol. The van der Waals surface area contributed by atoms with E-state index in [0.29, 0.717) is 24.6 Å². The number of aromatic nitrogens is 4. The molecule has 0 atom stereocenters. The molecule has 1 N–H and O–H groups in total. The van der Waals surface area contributed by atoms with Gasteiger partial charge in [0.05, 0.1) is 12.2 Å². The average Bonchev–Trinajstić information content (AvgIpc) is 2.94. The number of nitrogens with zero attached hydrogens (tertiary/aromatic N) is 5. The lowest BCUT2D eigenvalue weighted by atomic mass is 10.4. The summed E-state index contributed by atoms with van der Waals surface area (Å²) in [6, 6.07) is 1.64. The Bertz CT molecular complexity index is 726. The molecule has 9 heteroatoms. The third kappa shape index (κ3) is 2.04. The highest BCUT2D eigenvalue weighted by Gasteiger charge is 2.31. The van der Waals surface area contributed by atoms with Crippen molar-refractivity contribution in [3.05, 3.63) is 30.6 Å². The SMILES string of the molecule is CNc1ccncc1S(=O)(=O)N1CCn2cnnc2C1. The second kappa shape index (κ2) is 4.84. The molecule has 0 aliphatic carbocycles. The molecule has 8 nitrogen and oxygen atoms in total. The van der Waals surface area contributed by atoms with E-state index in [9.17, 15) is 8.42 Å². The number of nitrogens with one attached hydrogen (secondary N) is 1. The van der Waals surface area contributed by atoms with Crippen molar-refractivity contribution < 1.29 is 8.42 Å². The first kappa shape index (κ1) is 13.0. The Morgan fingerprint density at radius 3 is 3.00 bits per heavy atom. The Morgan fingerprint density at radius 2 is 2.20 bits per heavy atom. The highest BCUT2D eigenvalue weighted by molar-refractivity contribution is 7.89. The van der Waals surface area contributed by atoms with E-state index in [0.717, 1.165) is 0 Å². The number of rotatable bonds is 3. The summed E-state index contributed by atoms with van der Waals surface area (Å²) in [5.41, 5.74) is 0.534. The molecule has 2 aromatic heterocycles. The van der Waals surface area contributed by atoms with Gasteiger partial charge in [0.15, 0.2) is 0 Å². The van der Waals surface area contributed by atoms with Gasteiger partial charge in [-0.15, -0.1) is 10.2 Å². The van der Waals surface area contributed by atoms with Crippen LogP contribution in [0.2, 0.25) is 0 Å². The maximum atomic E-state index is 12.7. The minimum atomic E-state index is -3.60. The van der Waals surface area contributed by atoms with Crippen LogP contribution in [0, 0.1) is 0 Å². The summed E-state index contributed by atoms with van der Waals surface area (Å²) in [6.07, 6.45) is 4.53. The van der Waals surface area contributed by atoms with Crippen LogP contribution in [-0.4, -0.2) is 46.1 Å². The van der Waals surface area contributed by atoms with E-state index in [-0.39, 0.29) is 11.4 Å². The summed E-state index contributed by atoms with van der Waals surface area (Å²) < 4.78 is 28.6. The summed E-state index contributed by atoms with van der Waals surface area (Å²) in [7, 11) is -1.92. The zero-order chi connectivity index (χ0) is 14.2. The van der Waals surface area contributed by atoms with Gasteiger partial charge in [0.25, 0.3) is 0 Å². The number of sulfonamides is 1. The lowest BCUT2D eigenvalue weighted by molar-refractivity contribution is 0.335. The number of hydrogen-bond acceptors (Lipinski definition) is 6. The van der Waals surface area contributed by atoms with Gasteiger partial charge in [-0.2, -0.15) is 4.31 Å². The summed E-state index contributed by atoms with van der Waals surface area (Å²) in [5, 5.41) is 10.6. The standard InChI is InChI=1S/C11H14N6O2S/c1-12-9-2-3-13-6-10(9)20(18,19)17-5-4-16-8-14-15-11(16)7-17/h2-3,6,8H,4-5,7H2,1H3,(H,12,13). The maximum absolute atomic E-state index is 12.7. The van der Waals surface area contributed by atoms with Crippen LogP contribution in [0.5, 0.6) is 0 Å². The number of hydrogen-bond donors (Lipinski definition) is 1. The van der Waals surface area contributed by atoms with E-state index in [1.807, 2.05) is 4.57 Å². The third-order valence-corrected chi connectivity index (χ3v) is 5.15. The van der Waals surface area contributed by atoms with Gasteiger partial charge < -0.3 is 9.88 Å². The fourth-order valence-electron chi connectivity index (χ4n) is 2.18. The van der Waals surface area contributed by atoms with E-state index < -0.39 is 10.0 Å². The van der Waals surface area contributed by atoms with Gasteiger partial charge in [-0.3, -0.25) is 4.98 Å². The molecule has 3 heterocycles. The van der Waals surface area contributed by atoms with E-state index in [1.54, 1.807) is 25.6 Å². The number of pyridine rings is 1. The molecule has 0 aromatic carbocycles. The zero-order valence-electron chi connectivity index (χ0n) is 10.9. The fourth-order valence-corrected chi connectivity index (χ4v) is 3.71. The largest absolute Gasteiger partial charge is 0.387 e. The first-order chi connectivity index (χ1) is 9.63. The molecule has 2 aromatic rings. The molecule has 1 aliphatic heterocycles. The summed E-state index contributed by atoms with van der Waals surface area (Å²) in [4.78, 5) is 4.09. The van der Waals surface area contributed by atoms with Crippen molar-refractivity contribution in [1.82, 2.24) is 24.1 Å². The van der Waals surface area contributed by atoms with Crippen molar-refractivity contribution in [1.29, 1.82) is 0 Å². The molecule has 20 heavy (non-hydrogen) atoms. The summed E-state index contributed by atoms with van der Waals surface area (Å²) >= 11 is 0. The predicted octanol–water partition coefficient (Wildman–Crippen LogP) is -0.0807. The molecule has 0 unspecified atom stereocenters. The van der Waals surface area contributed by atoms with Crippen molar-refractivity contribution in [3.63, 3.8) is 0 Å². The number of fused-ring (bicyclic) bond motifs is 1. The normalized spacial score (nSPS) is 15.8. The van der Waals surface area contributed by atoms with Gasteiger partial charge in [0, 0.05) is 32.5 Å². The van der Waals surface area contributed by atoms with Crippen molar-refractivity contribution in [3.8, 4) is 0 Å². The summed E-state index contributed by atoms with van der Waals surface area (Å²) in [5.74, 6) is 0.648. The Hall–Kier alpha value is -2.00. The zero-order valence-corrected chi connectivity index (χ0v) is 11.7. The Morgan fingerprint density at radius 1 is 1.35 bits per heavy atom. The minimum Gasteiger partial charge on any atom is -0.387 e. The van der Waals surface area contributed by atoms with Gasteiger partial charge in [0.2, 0.25) is 10.0 Å². The molecule has 0 radical (unpaired) electrons. The molecule has 106 valence electrons. The van der Waals surface area contributed by atoms with Gasteiger partial charge in [-0.25, -0.2) is 8.42 Å². The maximum Gasteiger partial charge on any atom is 0.247 e. The highest BCUT2D eigenvalue weighted by Crippen LogP contribution is 2.25. The topological polar surface area (TPSA) is 93.0 Å². The lowest BCUT2D eigenvalue weighted by Gasteiger charge is -2.26. The second-order valence-corrected chi connectivity index (χ2v) is 6.31. The van der Waals surface area contributed by atoms with Gasteiger partial charge in [-0.1, -0.05) is 0 Å². The van der Waals surface area contributed by atoms with E-state index >= 15 is 0 Å². The molecular formula is C11H14N6O2S. The van der Waals surface area contributed by atoms with Gasteiger partial charge in [-0.05, 0) is 6.07 Å². The van der Waals surface area contributed by atoms with E-state index in [1.165, 1.54) is 10.5 Å². The molecule has 0 saturated carbocycles. The van der Waals surface area contributed by atoms with E-state index in [4.69, 9.17) is 0 Å². The highest BCUT2D eigenvalue weighted by atomic mass is 32.2. The van der Waals surface area contributed by atoms with Gasteiger partial charge in [0.1, 0.15) is 17.0 Å². The Labute approximate surface area is 116 Å². The molecule has 0 spiro atoms. The van der Waals surface area contributed by atoms with Crippen molar-refractivity contribution in [2.45, 2.75) is 18.0 Å². The first-order valence-corrected chi connectivity index (χ1v) is 7.55. The fraction of sp³-hybridized carbons (Fsp3) is 0.364. The predicted molar refractivity (Wildman–Crippen MR) is 71.4 cm³/mol. The molecule has 0 saturated heterocycles. The van der Waals surface area contributed by atoms with Crippen LogP contribution >= 0.6 is 0 Å². The molecule has 0 fully saturated rings. The first-order valence-electron chi connectivity index (χ1n) is 6.11. The summed E-state index contributed by atoms with van der Waals surface area (Å²) in [6.45, 7) is 1.17. The van der Waals surface area contributed by atoms with Crippen LogP contribution in [0.25, 0.3) is 0 Å². The van der Waals surface area contributed by atoms with Crippen LogP contribution < -0.4 is 5.32 Å². The van der Waals surface area contributed by atoms with Crippen molar-refractivity contribution in [2.75, 3.05) is 18.9 Å². The lowest BCUT2D eigenvalue weighted by Crippen LogP contribution is -2.38. The Kier molecular flexibility index (Phi) is 3.14. The monoisotopic (exact) mass is 294 g/mol. The van der Waals surface area contributed by atoms with E-state index in [2.05, 4.69) is 20.5 Å². The number of anilines is 1. The van der Waals surface area contributed by atoms with Crippen molar-refractivity contribution in [2.24, 2.45) is 0 Å². The van der Waals surface area contributed by atoms with Gasteiger partial charge >= 0.3 is 0 Å². The molecular weight excluding hydrogens is 280 g/mol. The minimum absolute atomic E-state index is 0.176. The van der Waals surface area contributed by atoms with Crippen LogP contribution in [0.15, 0.2) is 29.7 Å². The van der Waals surface area contributed by atoms with Crippen LogP contribution in [0.3, 0.4) is 0 Å². The van der Waals surface area contributed by atoms with Crippen molar-refractivity contribution >= 4 is 15.7 Å². The second-order valence-electron chi connectivity index (χ2n) is 4.40. The molecule has 1 aliphatic rings. The molecule has 3 rings (SSSR count). The molecule has 0 bridgehead atoms.